The van der Waals surface area contributed by atoms with Gasteiger partial charge in [0.1, 0.15) is 0 Å². The van der Waals surface area contributed by atoms with E-state index in [1.807, 2.05) is 176 Å². The molecule has 10 aromatic heterocycles. The zero-order valence-electron chi connectivity index (χ0n) is 77.6. The van der Waals surface area contributed by atoms with Gasteiger partial charge in [0.05, 0.1) is 31.0 Å². The number of fused-ring (bicyclic) bond motifs is 5. The van der Waals surface area contributed by atoms with Crippen LogP contribution in [-0.2, 0) is 0 Å². The van der Waals surface area contributed by atoms with Gasteiger partial charge >= 0.3 is 0 Å². The molecule has 15 aromatic rings. The van der Waals surface area contributed by atoms with Crippen LogP contribution in [0.25, 0.3) is 28.2 Å². The number of hydrogen-bond acceptors (Lipinski definition) is 15. The van der Waals surface area contributed by atoms with E-state index in [1.165, 1.54) is 28.5 Å². The first kappa shape index (κ1) is 97.1. The number of ketones is 5. The van der Waals surface area contributed by atoms with Gasteiger partial charge in [-0.15, -0.1) is 0 Å². The van der Waals surface area contributed by atoms with Crippen LogP contribution in [0.5, 0.6) is 0 Å². The van der Waals surface area contributed by atoms with Crippen LogP contribution in [-0.4, -0.2) is 102 Å². The number of carbonyl (C=O) groups excluding carboxylic acids is 5. The molecule has 20 rings (SSSR count). The van der Waals surface area contributed by atoms with Crippen molar-refractivity contribution < 1.29 is 24.0 Å². The van der Waals surface area contributed by atoms with Gasteiger partial charge in [-0.3, -0.25) is 24.0 Å². The standard InChI is InChI=1S/5C22H24ClN3O/c5*1-15(14-21(27)18-6-8-19(23)9-7-18)16-2-4-17(5-3-16)20-10-12-24-22-11-13-25-26(20)22/h5*6-13,15-17H,2-5,14H2,1H3/t4*15-,16?,17?;/m1100./s1. The molecule has 5 aromatic carbocycles. The number of hydrogen-bond donors (Lipinski definition) is 0. The fourth-order valence-electron chi connectivity index (χ4n) is 21.8. The van der Waals surface area contributed by atoms with E-state index < -0.39 is 0 Å². The molecule has 700 valence electrons. The van der Waals surface area contributed by atoms with Gasteiger partial charge in [0, 0.05) is 204 Å². The third-order valence-corrected chi connectivity index (χ3v) is 31.2. The molecule has 0 aliphatic heterocycles. The summed E-state index contributed by atoms with van der Waals surface area (Å²) < 4.78 is 9.85. The molecule has 0 spiro atoms. The van der Waals surface area contributed by atoms with Gasteiger partial charge in [0.15, 0.2) is 57.2 Å². The highest BCUT2D eigenvalue weighted by molar-refractivity contribution is 6.32. The minimum Gasteiger partial charge on any atom is -0.294 e. The van der Waals surface area contributed by atoms with Crippen molar-refractivity contribution in [3.63, 3.8) is 0 Å². The van der Waals surface area contributed by atoms with Gasteiger partial charge in [-0.25, -0.2) is 47.5 Å². The van der Waals surface area contributed by atoms with Crippen molar-refractivity contribution in [3.8, 4) is 0 Å². The van der Waals surface area contributed by atoms with Crippen LogP contribution < -0.4 is 0 Å². The maximum Gasteiger partial charge on any atom is 0.163 e. The lowest BCUT2D eigenvalue weighted by atomic mass is 9.74. The molecule has 0 saturated heterocycles. The Morgan fingerprint density at radius 3 is 0.519 bits per heavy atom. The number of Topliss-reactive ketones (excluding diaryl/α,β-unsaturated/α-hetero) is 5. The summed E-state index contributed by atoms with van der Waals surface area (Å²) in [5.74, 6) is 8.70. The van der Waals surface area contributed by atoms with Crippen LogP contribution in [0.3, 0.4) is 0 Å². The van der Waals surface area contributed by atoms with Gasteiger partial charge in [0.2, 0.25) is 0 Å². The van der Waals surface area contributed by atoms with E-state index in [0.717, 1.165) is 184 Å². The number of carbonyl (C=O) groups is 5. The normalized spacial score (nSPS) is 21.3. The molecule has 10 heterocycles. The van der Waals surface area contributed by atoms with Crippen LogP contribution in [0.2, 0.25) is 25.1 Å². The zero-order chi connectivity index (χ0) is 94.0. The highest BCUT2D eigenvalue weighted by Crippen LogP contribution is 2.46. The van der Waals surface area contributed by atoms with Crippen LogP contribution in [0.1, 0.15) is 305 Å². The number of benzene rings is 5. The van der Waals surface area contributed by atoms with Gasteiger partial charge in [0.25, 0.3) is 0 Å². The number of nitrogens with zero attached hydrogens (tertiary/aromatic N) is 15. The summed E-state index contributed by atoms with van der Waals surface area (Å²) >= 11 is 29.6. The SMILES string of the molecule is CC(CC(=O)c1ccc(Cl)cc1)C1CCC(c2ccnc3ccnn23)CC1.C[C@@H](CC(=O)c1ccc(Cl)cc1)C1CCC(c2ccnc3ccnn23)CC1.C[C@@H](CC(=O)c1ccc(Cl)cc1)C1CCC(c2ccnc3ccnn23)CC1.C[C@H](CC(=O)c1ccc(Cl)cc1)C1CCC(c2ccnc3ccnn23)CC1.C[C@H](CC(=O)c1ccc(Cl)cc1)C1CCC(c2ccnc3ccnn23)CC1. The van der Waals surface area contributed by atoms with E-state index in [1.54, 1.807) is 60.7 Å². The first-order valence-electron chi connectivity index (χ1n) is 48.4. The Morgan fingerprint density at radius 1 is 0.222 bits per heavy atom. The highest BCUT2D eigenvalue weighted by atomic mass is 35.5. The van der Waals surface area contributed by atoms with Crippen molar-refractivity contribution >= 4 is 115 Å². The second-order valence-corrected chi connectivity index (χ2v) is 40.7. The maximum atomic E-state index is 12.6. The number of rotatable bonds is 25. The monoisotopic (exact) mass is 1910 g/mol. The van der Waals surface area contributed by atoms with Crippen LogP contribution in [0.15, 0.2) is 244 Å². The number of halogens is 5. The van der Waals surface area contributed by atoms with Crippen LogP contribution in [0, 0.1) is 59.2 Å². The molecule has 0 radical (unpaired) electrons. The van der Waals surface area contributed by atoms with Crippen molar-refractivity contribution in [2.75, 3.05) is 0 Å². The molecule has 0 N–H and O–H groups in total. The average molecular weight is 1910 g/mol. The number of aromatic nitrogens is 15. The summed E-state index contributed by atoms with van der Waals surface area (Å²) in [7, 11) is 0. The second kappa shape index (κ2) is 46.2. The summed E-state index contributed by atoms with van der Waals surface area (Å²) in [6, 6.07) is 56.3. The fourth-order valence-corrected chi connectivity index (χ4v) is 22.4. The molecule has 5 fully saturated rings. The van der Waals surface area contributed by atoms with E-state index in [-0.39, 0.29) is 28.9 Å². The average Bonchev–Trinajstić information content (AvgIpc) is 1.79. The zero-order valence-corrected chi connectivity index (χ0v) is 81.4. The van der Waals surface area contributed by atoms with Crippen molar-refractivity contribution in [3.05, 3.63) is 325 Å². The molecule has 25 heteroatoms. The van der Waals surface area contributed by atoms with Gasteiger partial charge < -0.3 is 0 Å². The Hall–Kier alpha value is -11.0. The lowest BCUT2D eigenvalue weighted by Gasteiger charge is -2.32. The molecule has 5 aliphatic rings. The quantitative estimate of drug-likeness (QED) is 0.0484. The Labute approximate surface area is 815 Å². The molecule has 5 saturated carbocycles. The molecule has 5 aliphatic carbocycles. The van der Waals surface area contributed by atoms with Crippen LogP contribution >= 0.6 is 58.0 Å². The van der Waals surface area contributed by atoms with Crippen LogP contribution in [0.4, 0.5) is 0 Å². The first-order chi connectivity index (χ1) is 65.6. The maximum absolute atomic E-state index is 12.6. The first-order valence-corrected chi connectivity index (χ1v) is 50.3. The van der Waals surface area contributed by atoms with Crippen molar-refractivity contribution in [2.24, 2.45) is 59.2 Å². The molecule has 0 bridgehead atoms. The largest absolute Gasteiger partial charge is 0.294 e. The van der Waals surface area contributed by atoms with Crippen molar-refractivity contribution in [2.45, 2.75) is 225 Å². The highest BCUT2D eigenvalue weighted by Gasteiger charge is 2.35. The Kier molecular flexibility index (Phi) is 33.2. The van der Waals surface area contributed by atoms with E-state index in [0.29, 0.717) is 146 Å². The molecule has 1 unspecified atom stereocenters. The smallest absolute Gasteiger partial charge is 0.163 e. The third kappa shape index (κ3) is 24.9. The topological polar surface area (TPSA) is 236 Å². The predicted octanol–water partition coefficient (Wildman–Crippen LogP) is 27.8. The lowest BCUT2D eigenvalue weighted by molar-refractivity contribution is 0.0929. The summed E-state index contributed by atoms with van der Waals surface area (Å²) in [6.45, 7) is 11.1. The summed E-state index contributed by atoms with van der Waals surface area (Å²) in [5.41, 5.74) is 14.7. The molecule has 5 atom stereocenters. The van der Waals surface area contributed by atoms with Crippen molar-refractivity contribution in [1.82, 2.24) is 73.0 Å². The minimum absolute atomic E-state index is 0.216. The third-order valence-electron chi connectivity index (χ3n) is 29.9. The van der Waals surface area contributed by atoms with E-state index in [2.05, 4.69) is 115 Å². The second-order valence-electron chi connectivity index (χ2n) is 38.5. The van der Waals surface area contributed by atoms with E-state index in [9.17, 15) is 24.0 Å². The molecular formula is C110H120Cl5N15O5. The van der Waals surface area contributed by atoms with E-state index >= 15 is 0 Å². The van der Waals surface area contributed by atoms with E-state index in [4.69, 9.17) is 58.0 Å². The van der Waals surface area contributed by atoms with Gasteiger partial charge in [-0.05, 0) is 339 Å². The molecule has 135 heavy (non-hydrogen) atoms. The Morgan fingerprint density at radius 2 is 0.370 bits per heavy atom. The fraction of sp³-hybridized carbons (Fsp3) is 0.409. The predicted molar refractivity (Wildman–Crippen MR) is 536 cm³/mol. The lowest BCUT2D eigenvalue weighted by Crippen LogP contribution is -2.22. The minimum atomic E-state index is 0.216. The van der Waals surface area contributed by atoms with Crippen molar-refractivity contribution in [1.29, 1.82) is 0 Å². The Balaban J connectivity index is 0.000000123. The molecular weight excluding hydrogens is 1790 g/mol. The Bertz CT molecular complexity index is 5530. The summed E-state index contributed by atoms with van der Waals surface area (Å²) in [6.07, 6.45) is 44.5. The molecule has 0 amide bonds. The summed E-state index contributed by atoms with van der Waals surface area (Å²) in [4.78, 5) is 84.6. The summed E-state index contributed by atoms with van der Waals surface area (Å²) in [5, 5.41) is 25.5. The van der Waals surface area contributed by atoms with Gasteiger partial charge in [-0.2, -0.15) is 25.5 Å². The molecule has 20 nitrogen and oxygen atoms in total. The van der Waals surface area contributed by atoms with Gasteiger partial charge in [-0.1, -0.05) is 92.6 Å².